The molecule has 0 bridgehead atoms. The second kappa shape index (κ2) is 7.62. The quantitative estimate of drug-likeness (QED) is 0.758. The molecule has 126 valence electrons. The van der Waals surface area contributed by atoms with Crippen molar-refractivity contribution in [2.45, 2.75) is 19.4 Å². The molecule has 2 aromatic carbocycles. The Hall–Kier alpha value is -2.14. The molecule has 0 N–H and O–H groups in total. The predicted molar refractivity (Wildman–Crippen MR) is 96.2 cm³/mol. The van der Waals surface area contributed by atoms with E-state index in [1.807, 2.05) is 24.3 Å². The number of ether oxygens (including phenoxy) is 2. The van der Waals surface area contributed by atoms with E-state index in [1.54, 1.807) is 13.2 Å². The summed E-state index contributed by atoms with van der Waals surface area (Å²) in [4.78, 5) is 3.07. The normalized spacial score (nSPS) is 13.8. The summed E-state index contributed by atoms with van der Waals surface area (Å²) >= 11 is 5.57. The smallest absolute Gasteiger partial charge is 0.161 e. The molecule has 0 aromatic heterocycles. The highest BCUT2D eigenvalue weighted by Gasteiger charge is 2.17. The predicted octanol–water partition coefficient (Wildman–Crippen LogP) is 4.18. The maximum absolute atomic E-state index is 13.2. The molecule has 3 rings (SSSR count). The van der Waals surface area contributed by atoms with Crippen LogP contribution < -0.4 is 9.47 Å². The highest BCUT2D eigenvalue weighted by molar-refractivity contribution is 7.80. The van der Waals surface area contributed by atoms with Crippen LogP contribution in [0.15, 0.2) is 42.5 Å². The summed E-state index contributed by atoms with van der Waals surface area (Å²) in [5, 5.41) is 0. The number of nitrogens with zero attached hydrogens (tertiary/aromatic N) is 1. The molecule has 3 nitrogen and oxygen atoms in total. The van der Waals surface area contributed by atoms with Crippen molar-refractivity contribution in [2.24, 2.45) is 0 Å². The Kier molecular flexibility index (Phi) is 5.30. The minimum absolute atomic E-state index is 0.269. The van der Waals surface area contributed by atoms with Gasteiger partial charge in [0.2, 0.25) is 0 Å². The lowest BCUT2D eigenvalue weighted by atomic mass is 10.2. The van der Waals surface area contributed by atoms with Crippen molar-refractivity contribution in [3.63, 3.8) is 0 Å². The van der Waals surface area contributed by atoms with Gasteiger partial charge in [-0.15, -0.1) is 0 Å². The summed E-state index contributed by atoms with van der Waals surface area (Å²) in [5.41, 5.74) is 1.73. The fourth-order valence-electron chi connectivity index (χ4n) is 2.81. The van der Waals surface area contributed by atoms with Gasteiger partial charge in [0.25, 0.3) is 0 Å². The summed E-state index contributed by atoms with van der Waals surface area (Å²) in [6.07, 6.45) is 2.37. The van der Waals surface area contributed by atoms with Crippen molar-refractivity contribution in [1.82, 2.24) is 4.90 Å². The number of thiocarbonyl (C=S) groups is 1. The fraction of sp³-hybridized carbons (Fsp3) is 0.316. The van der Waals surface area contributed by atoms with Crippen LogP contribution in [0.2, 0.25) is 0 Å². The third kappa shape index (κ3) is 3.85. The largest absolute Gasteiger partial charge is 0.493 e. The number of likely N-dealkylation sites (tertiary alicyclic amines) is 1. The van der Waals surface area contributed by atoms with Gasteiger partial charge in [0.1, 0.15) is 17.4 Å². The van der Waals surface area contributed by atoms with Crippen LogP contribution in [-0.4, -0.2) is 30.1 Å². The summed E-state index contributed by atoms with van der Waals surface area (Å²) in [5.74, 6) is 0.981. The highest BCUT2D eigenvalue weighted by Crippen LogP contribution is 2.30. The zero-order valence-corrected chi connectivity index (χ0v) is 14.4. The molecule has 0 saturated carbocycles. The first-order chi connectivity index (χ1) is 11.7. The second-order valence-corrected chi connectivity index (χ2v) is 6.17. The summed E-state index contributed by atoms with van der Waals surface area (Å²) in [7, 11) is 1.60. The highest BCUT2D eigenvalue weighted by atomic mass is 32.1. The molecule has 2 aromatic rings. The molecule has 0 atom stereocenters. The number of halogens is 1. The molecule has 0 spiro atoms. The molecule has 1 heterocycles. The van der Waals surface area contributed by atoms with Gasteiger partial charge in [0.05, 0.1) is 7.11 Å². The van der Waals surface area contributed by atoms with E-state index in [-0.39, 0.29) is 12.4 Å². The number of hydrogen-bond acceptors (Lipinski definition) is 3. The first-order valence-corrected chi connectivity index (χ1v) is 8.43. The number of methoxy groups -OCH3 is 1. The zero-order valence-electron chi connectivity index (χ0n) is 13.6. The van der Waals surface area contributed by atoms with Crippen LogP contribution in [0.1, 0.15) is 24.0 Å². The van der Waals surface area contributed by atoms with Gasteiger partial charge in [-0.25, -0.2) is 4.39 Å². The average molecular weight is 345 g/mol. The Labute approximate surface area is 147 Å². The molecule has 0 radical (unpaired) electrons. The Balaban J connectivity index is 1.73. The maximum atomic E-state index is 13.2. The van der Waals surface area contributed by atoms with E-state index < -0.39 is 0 Å². The molecule has 5 heteroatoms. The van der Waals surface area contributed by atoms with Crippen LogP contribution in [0.25, 0.3) is 0 Å². The Morgan fingerprint density at radius 1 is 1.12 bits per heavy atom. The first kappa shape index (κ1) is 16.7. The number of benzene rings is 2. The third-order valence-electron chi connectivity index (χ3n) is 4.09. The van der Waals surface area contributed by atoms with E-state index in [4.69, 9.17) is 21.7 Å². The van der Waals surface area contributed by atoms with Gasteiger partial charge >= 0.3 is 0 Å². The van der Waals surface area contributed by atoms with Gasteiger partial charge in [0, 0.05) is 18.7 Å². The molecule has 1 fully saturated rings. The van der Waals surface area contributed by atoms with E-state index in [9.17, 15) is 4.39 Å². The molecule has 1 saturated heterocycles. The van der Waals surface area contributed by atoms with E-state index in [0.29, 0.717) is 11.5 Å². The van der Waals surface area contributed by atoms with Gasteiger partial charge in [-0.3, -0.25) is 0 Å². The van der Waals surface area contributed by atoms with Crippen LogP contribution in [0.4, 0.5) is 4.39 Å². The SMILES string of the molecule is COc1cc(C(=S)N2CCCC2)ccc1OCc1cccc(F)c1. The minimum atomic E-state index is -0.269. The lowest BCUT2D eigenvalue weighted by molar-refractivity contribution is 0.284. The Bertz CT molecular complexity index is 729. The van der Waals surface area contributed by atoms with Crippen molar-refractivity contribution in [3.05, 3.63) is 59.4 Å². The molecule has 0 amide bonds. The molecular formula is C19H20FNO2S. The van der Waals surface area contributed by atoms with E-state index >= 15 is 0 Å². The molecule has 0 aliphatic carbocycles. The molecule has 0 unspecified atom stereocenters. The van der Waals surface area contributed by atoms with Gasteiger partial charge < -0.3 is 14.4 Å². The minimum Gasteiger partial charge on any atom is -0.493 e. The average Bonchev–Trinajstić information content (AvgIpc) is 3.14. The topological polar surface area (TPSA) is 21.7 Å². The standard InChI is InChI=1S/C19H20FNO2S/c1-22-18-12-15(19(24)21-9-2-3-10-21)7-8-17(18)23-13-14-5-4-6-16(20)11-14/h4-8,11-12H,2-3,9-10,13H2,1H3. The lowest BCUT2D eigenvalue weighted by Crippen LogP contribution is -2.26. The van der Waals surface area contributed by atoms with Gasteiger partial charge in [-0.2, -0.15) is 0 Å². The summed E-state index contributed by atoms with van der Waals surface area (Å²) in [6.45, 7) is 2.31. The van der Waals surface area contributed by atoms with Crippen molar-refractivity contribution in [1.29, 1.82) is 0 Å². The first-order valence-electron chi connectivity index (χ1n) is 8.02. The number of hydrogen-bond donors (Lipinski definition) is 0. The van der Waals surface area contributed by atoms with Crippen molar-refractivity contribution in [2.75, 3.05) is 20.2 Å². The van der Waals surface area contributed by atoms with Crippen LogP contribution in [0.3, 0.4) is 0 Å². The Morgan fingerprint density at radius 3 is 2.62 bits per heavy atom. The zero-order chi connectivity index (χ0) is 16.9. The third-order valence-corrected chi connectivity index (χ3v) is 4.58. The molecule has 1 aliphatic rings. The van der Waals surface area contributed by atoms with Crippen LogP contribution in [0.5, 0.6) is 11.5 Å². The van der Waals surface area contributed by atoms with E-state index in [0.717, 1.165) is 29.2 Å². The fourth-order valence-corrected chi connectivity index (χ4v) is 3.12. The Morgan fingerprint density at radius 2 is 1.92 bits per heavy atom. The molecule has 1 aliphatic heterocycles. The van der Waals surface area contributed by atoms with Gasteiger partial charge in [-0.05, 0) is 48.7 Å². The van der Waals surface area contributed by atoms with E-state index in [1.165, 1.54) is 25.0 Å². The second-order valence-electron chi connectivity index (χ2n) is 5.78. The van der Waals surface area contributed by atoms with Gasteiger partial charge in [-0.1, -0.05) is 24.4 Å². The maximum Gasteiger partial charge on any atom is 0.161 e. The monoisotopic (exact) mass is 345 g/mol. The van der Waals surface area contributed by atoms with Crippen molar-refractivity contribution in [3.8, 4) is 11.5 Å². The van der Waals surface area contributed by atoms with Gasteiger partial charge in [0.15, 0.2) is 11.5 Å². The lowest BCUT2D eigenvalue weighted by Gasteiger charge is -2.19. The van der Waals surface area contributed by atoms with Crippen LogP contribution >= 0.6 is 12.2 Å². The van der Waals surface area contributed by atoms with E-state index in [2.05, 4.69) is 4.90 Å². The molecule has 24 heavy (non-hydrogen) atoms. The van der Waals surface area contributed by atoms with Crippen LogP contribution in [-0.2, 0) is 6.61 Å². The van der Waals surface area contributed by atoms with Crippen molar-refractivity contribution < 1.29 is 13.9 Å². The molecular weight excluding hydrogens is 325 g/mol. The van der Waals surface area contributed by atoms with Crippen LogP contribution in [0, 0.1) is 5.82 Å². The van der Waals surface area contributed by atoms with Crippen molar-refractivity contribution >= 4 is 17.2 Å². The summed E-state index contributed by atoms with van der Waals surface area (Å²) in [6, 6.07) is 12.1. The number of rotatable bonds is 5. The summed E-state index contributed by atoms with van der Waals surface area (Å²) < 4.78 is 24.4.